The van der Waals surface area contributed by atoms with E-state index in [0.717, 1.165) is 29.2 Å². The number of amides is 1. The molecule has 0 saturated heterocycles. The van der Waals surface area contributed by atoms with Gasteiger partial charge < -0.3 is 10.0 Å². The topological polar surface area (TPSA) is 81.4 Å². The summed E-state index contributed by atoms with van der Waals surface area (Å²) in [6, 6.07) is 9.05. The lowest BCUT2D eigenvalue weighted by Gasteiger charge is -2.19. The molecule has 0 aromatic heterocycles. The summed E-state index contributed by atoms with van der Waals surface area (Å²) >= 11 is 0. The van der Waals surface area contributed by atoms with Crippen molar-refractivity contribution in [3.63, 3.8) is 0 Å². The summed E-state index contributed by atoms with van der Waals surface area (Å²) in [7, 11) is 0. The maximum atomic E-state index is 13.7. The minimum absolute atomic E-state index is 0.0610. The Morgan fingerprint density at radius 1 is 1.21 bits per heavy atom. The molecule has 1 aliphatic heterocycles. The van der Waals surface area contributed by atoms with Crippen LogP contribution in [0.2, 0.25) is 0 Å². The van der Waals surface area contributed by atoms with E-state index in [9.17, 15) is 32.3 Å². The maximum Gasteiger partial charge on any atom is 0.416 e. The molecule has 1 aliphatic rings. The number of benzene rings is 2. The van der Waals surface area contributed by atoms with Gasteiger partial charge in [-0.3, -0.25) is 9.59 Å². The van der Waals surface area contributed by atoms with Gasteiger partial charge in [0.2, 0.25) is 5.91 Å². The smallest absolute Gasteiger partial charge is 0.416 e. The van der Waals surface area contributed by atoms with Crippen molar-refractivity contribution in [2.24, 2.45) is 5.92 Å². The molecule has 0 bridgehead atoms. The zero-order chi connectivity index (χ0) is 20.6. The van der Waals surface area contributed by atoms with Gasteiger partial charge in [-0.25, -0.2) is 4.39 Å². The van der Waals surface area contributed by atoms with Gasteiger partial charge in [-0.05, 0) is 41.5 Å². The predicted octanol–water partition coefficient (Wildman–Crippen LogP) is 3.70. The number of carbonyl (C=O) groups is 2. The fourth-order valence-electron chi connectivity index (χ4n) is 3.18. The molecule has 5 nitrogen and oxygen atoms in total. The fraction of sp³-hybridized carbons (Fsp3) is 0.211. The number of rotatable bonds is 4. The van der Waals surface area contributed by atoms with Crippen LogP contribution in [0.25, 0.3) is 0 Å². The maximum absolute atomic E-state index is 13.7. The molecule has 2 atom stereocenters. The van der Waals surface area contributed by atoms with E-state index in [2.05, 4.69) is 0 Å². The standard InChI is InChI=1S/C19H12F4N2O3/c20-12-5-6-15-13(7-12)16(14(8-24)18(27)28)17(26)25(15)9-10-1-3-11(4-2-10)19(21,22)23/h1-7,14,16H,9H2,(H,27,28). The molecule has 1 amide bonds. The van der Waals surface area contributed by atoms with E-state index in [1.165, 1.54) is 18.2 Å². The SMILES string of the molecule is N#CC(C(=O)O)C1C(=O)N(Cc2ccc(C(F)(F)F)cc2)c2ccc(F)cc21. The van der Waals surface area contributed by atoms with Crippen LogP contribution in [0.3, 0.4) is 0 Å². The van der Waals surface area contributed by atoms with E-state index < -0.39 is 41.3 Å². The van der Waals surface area contributed by atoms with Gasteiger partial charge in [0.05, 0.1) is 24.1 Å². The summed E-state index contributed by atoms with van der Waals surface area (Å²) in [4.78, 5) is 25.3. The van der Waals surface area contributed by atoms with E-state index in [4.69, 9.17) is 5.26 Å². The normalized spacial score (nSPS) is 17.2. The molecule has 1 N–H and O–H groups in total. The summed E-state index contributed by atoms with van der Waals surface area (Å²) in [5.41, 5.74) is -0.204. The minimum atomic E-state index is -4.50. The number of carboxylic acids is 1. The highest BCUT2D eigenvalue weighted by Gasteiger charge is 2.45. The van der Waals surface area contributed by atoms with Crippen molar-refractivity contribution >= 4 is 17.6 Å². The van der Waals surface area contributed by atoms with Gasteiger partial charge in [-0.15, -0.1) is 0 Å². The third kappa shape index (κ3) is 3.41. The molecule has 0 aliphatic carbocycles. The van der Waals surface area contributed by atoms with Crippen LogP contribution in [-0.2, 0) is 22.3 Å². The Balaban J connectivity index is 1.98. The molecular weight excluding hydrogens is 380 g/mol. The number of carboxylic acid groups (broad SMARTS) is 1. The Kier molecular flexibility index (Phi) is 4.81. The summed E-state index contributed by atoms with van der Waals surface area (Å²) in [5, 5.41) is 18.4. The molecule has 9 heteroatoms. The van der Waals surface area contributed by atoms with Crippen LogP contribution in [0.15, 0.2) is 42.5 Å². The van der Waals surface area contributed by atoms with Crippen molar-refractivity contribution < 1.29 is 32.3 Å². The highest BCUT2D eigenvalue weighted by Crippen LogP contribution is 2.42. The second kappa shape index (κ2) is 6.96. The Bertz CT molecular complexity index is 980. The Morgan fingerprint density at radius 2 is 1.86 bits per heavy atom. The van der Waals surface area contributed by atoms with Gasteiger partial charge in [-0.2, -0.15) is 18.4 Å². The van der Waals surface area contributed by atoms with Gasteiger partial charge in [0.25, 0.3) is 0 Å². The minimum Gasteiger partial charge on any atom is -0.480 e. The van der Waals surface area contributed by atoms with Crippen molar-refractivity contribution in [2.75, 3.05) is 4.90 Å². The van der Waals surface area contributed by atoms with Gasteiger partial charge in [0.1, 0.15) is 5.82 Å². The summed E-state index contributed by atoms with van der Waals surface area (Å²) in [5.74, 6) is -6.06. The summed E-state index contributed by atoms with van der Waals surface area (Å²) in [6.07, 6.45) is -4.50. The average Bonchev–Trinajstić information content (AvgIpc) is 2.87. The highest BCUT2D eigenvalue weighted by molar-refractivity contribution is 6.07. The molecule has 2 aromatic rings. The third-order valence-electron chi connectivity index (χ3n) is 4.51. The molecule has 144 valence electrons. The molecule has 0 radical (unpaired) electrons. The second-order valence-corrected chi connectivity index (χ2v) is 6.24. The van der Waals surface area contributed by atoms with Crippen LogP contribution < -0.4 is 4.90 Å². The van der Waals surface area contributed by atoms with Crippen LogP contribution >= 0.6 is 0 Å². The molecule has 2 aromatic carbocycles. The number of hydrogen-bond acceptors (Lipinski definition) is 3. The van der Waals surface area contributed by atoms with E-state index in [1.54, 1.807) is 6.07 Å². The van der Waals surface area contributed by atoms with Gasteiger partial charge >= 0.3 is 12.1 Å². The zero-order valence-corrected chi connectivity index (χ0v) is 14.1. The first-order valence-corrected chi connectivity index (χ1v) is 8.03. The number of carbonyl (C=O) groups excluding carboxylic acids is 1. The molecule has 3 rings (SSSR count). The Morgan fingerprint density at radius 3 is 2.39 bits per heavy atom. The number of nitriles is 1. The van der Waals surface area contributed by atoms with Gasteiger partial charge in [0, 0.05) is 5.69 Å². The fourth-order valence-corrected chi connectivity index (χ4v) is 3.18. The predicted molar refractivity (Wildman–Crippen MR) is 88.5 cm³/mol. The number of aliphatic carboxylic acids is 1. The lowest BCUT2D eigenvalue weighted by Crippen LogP contribution is -2.33. The number of anilines is 1. The van der Waals surface area contributed by atoms with E-state index in [-0.39, 0.29) is 17.8 Å². The Labute approximate surface area is 156 Å². The lowest BCUT2D eigenvalue weighted by atomic mass is 9.88. The lowest BCUT2D eigenvalue weighted by molar-refractivity contribution is -0.142. The second-order valence-electron chi connectivity index (χ2n) is 6.24. The number of hydrogen-bond donors (Lipinski definition) is 1. The first-order chi connectivity index (χ1) is 13.1. The van der Waals surface area contributed by atoms with Crippen molar-refractivity contribution in [1.82, 2.24) is 0 Å². The van der Waals surface area contributed by atoms with Crippen LogP contribution in [0.1, 0.15) is 22.6 Å². The molecule has 0 spiro atoms. The average molecular weight is 392 g/mol. The highest BCUT2D eigenvalue weighted by atomic mass is 19.4. The summed E-state index contributed by atoms with van der Waals surface area (Å²) in [6.45, 7) is -0.149. The molecular formula is C19H12F4N2O3. The van der Waals surface area contributed by atoms with Gasteiger partial charge in [0.15, 0.2) is 5.92 Å². The number of fused-ring (bicyclic) bond motifs is 1. The summed E-state index contributed by atoms with van der Waals surface area (Å²) < 4.78 is 51.7. The van der Waals surface area contributed by atoms with Crippen LogP contribution in [0.4, 0.5) is 23.2 Å². The largest absolute Gasteiger partial charge is 0.480 e. The van der Waals surface area contributed by atoms with Crippen LogP contribution in [-0.4, -0.2) is 17.0 Å². The Hall–Kier alpha value is -3.41. The first-order valence-electron chi connectivity index (χ1n) is 8.03. The van der Waals surface area contributed by atoms with E-state index >= 15 is 0 Å². The monoisotopic (exact) mass is 392 g/mol. The van der Waals surface area contributed by atoms with Crippen molar-refractivity contribution in [2.45, 2.75) is 18.6 Å². The van der Waals surface area contributed by atoms with Gasteiger partial charge in [-0.1, -0.05) is 12.1 Å². The van der Waals surface area contributed by atoms with Crippen molar-refractivity contribution in [1.29, 1.82) is 5.26 Å². The molecule has 28 heavy (non-hydrogen) atoms. The molecule has 0 fully saturated rings. The zero-order valence-electron chi connectivity index (χ0n) is 14.1. The first kappa shape index (κ1) is 19.4. The van der Waals surface area contributed by atoms with E-state index in [0.29, 0.717) is 5.56 Å². The quantitative estimate of drug-likeness (QED) is 0.805. The molecule has 2 unspecified atom stereocenters. The molecule has 0 saturated carbocycles. The third-order valence-corrected chi connectivity index (χ3v) is 4.51. The molecule has 1 heterocycles. The number of halogens is 4. The van der Waals surface area contributed by atoms with Crippen LogP contribution in [0, 0.1) is 23.1 Å². The van der Waals surface area contributed by atoms with Crippen LogP contribution in [0.5, 0.6) is 0 Å². The van der Waals surface area contributed by atoms with E-state index in [1.807, 2.05) is 0 Å². The number of nitrogens with zero attached hydrogens (tertiary/aromatic N) is 2. The van der Waals surface area contributed by atoms with Crippen molar-refractivity contribution in [3.05, 3.63) is 65.0 Å². The number of alkyl halides is 3. The van der Waals surface area contributed by atoms with Crippen molar-refractivity contribution in [3.8, 4) is 6.07 Å².